The second-order valence-electron chi connectivity index (χ2n) is 3.53. The van der Waals surface area contributed by atoms with Gasteiger partial charge in [-0.15, -0.1) is 0 Å². The maximum Gasteiger partial charge on any atom is 0.339 e. The van der Waals surface area contributed by atoms with Crippen molar-refractivity contribution in [2.75, 3.05) is 18.5 Å². The van der Waals surface area contributed by atoms with E-state index in [4.69, 9.17) is 10.2 Å². The maximum atomic E-state index is 11.1. The molecule has 0 bridgehead atoms. The molecule has 0 saturated carbocycles. The minimum absolute atomic E-state index is 0.0758. The average molecular weight is 232 g/mol. The molecule has 0 aliphatic carbocycles. The van der Waals surface area contributed by atoms with E-state index in [0.717, 1.165) is 10.9 Å². The summed E-state index contributed by atoms with van der Waals surface area (Å²) in [7, 11) is 0. The Morgan fingerprint density at radius 3 is 2.82 bits per heavy atom. The Morgan fingerprint density at radius 2 is 2.12 bits per heavy atom. The second-order valence-corrected chi connectivity index (χ2v) is 3.53. The van der Waals surface area contributed by atoms with Crippen LogP contribution in [0, 0.1) is 0 Å². The molecule has 88 valence electrons. The van der Waals surface area contributed by atoms with Crippen LogP contribution in [-0.2, 0) is 0 Å². The number of aromatic carboxylic acids is 1. The van der Waals surface area contributed by atoms with E-state index < -0.39 is 5.97 Å². The summed E-state index contributed by atoms with van der Waals surface area (Å²) in [4.78, 5) is 15.3. The van der Waals surface area contributed by atoms with Gasteiger partial charge in [-0.3, -0.25) is 0 Å². The zero-order chi connectivity index (χ0) is 12.3. The molecule has 0 spiro atoms. The van der Waals surface area contributed by atoms with E-state index in [1.807, 2.05) is 24.3 Å². The van der Waals surface area contributed by atoms with Gasteiger partial charge >= 0.3 is 5.97 Å². The molecule has 0 aliphatic rings. The average Bonchev–Trinajstić information content (AvgIpc) is 2.35. The lowest BCUT2D eigenvalue weighted by molar-refractivity contribution is 0.0697. The lowest BCUT2D eigenvalue weighted by Crippen LogP contribution is -2.11. The first-order chi connectivity index (χ1) is 8.22. The number of carboxylic acid groups (broad SMARTS) is 1. The molecule has 1 aromatic carbocycles. The lowest BCUT2D eigenvalue weighted by atomic mass is 10.1. The number of para-hydroxylation sites is 1. The summed E-state index contributed by atoms with van der Waals surface area (Å²) in [5.41, 5.74) is 0.829. The Bertz CT molecular complexity index is 554. The van der Waals surface area contributed by atoms with Crippen LogP contribution < -0.4 is 5.32 Å². The van der Waals surface area contributed by atoms with E-state index in [9.17, 15) is 4.79 Å². The van der Waals surface area contributed by atoms with Crippen molar-refractivity contribution in [3.8, 4) is 0 Å². The molecule has 17 heavy (non-hydrogen) atoms. The first-order valence-electron chi connectivity index (χ1n) is 5.20. The summed E-state index contributed by atoms with van der Waals surface area (Å²) in [6, 6.07) is 8.86. The summed E-state index contributed by atoms with van der Waals surface area (Å²) in [6.45, 7) is 0.194. The summed E-state index contributed by atoms with van der Waals surface area (Å²) in [5.74, 6) is -0.756. The molecule has 5 nitrogen and oxygen atoms in total. The number of nitrogens with zero attached hydrogens (tertiary/aromatic N) is 1. The smallest absolute Gasteiger partial charge is 0.339 e. The zero-order valence-electron chi connectivity index (χ0n) is 9.05. The number of nitrogens with one attached hydrogen (secondary N) is 1. The third-order valence-electron chi connectivity index (χ3n) is 2.36. The van der Waals surface area contributed by atoms with Crippen molar-refractivity contribution in [1.82, 2.24) is 4.98 Å². The highest BCUT2D eigenvalue weighted by Crippen LogP contribution is 2.20. The van der Waals surface area contributed by atoms with Gasteiger partial charge in [-0.2, -0.15) is 0 Å². The predicted octanol–water partition coefficient (Wildman–Crippen LogP) is 1.34. The number of carboxylic acids is 1. The molecule has 0 atom stereocenters. The SMILES string of the molecule is O=C(O)c1cc2ccccc2nc1NCCO. The normalized spacial score (nSPS) is 10.4. The Kier molecular flexibility index (Phi) is 3.20. The van der Waals surface area contributed by atoms with Crippen LogP contribution in [0.5, 0.6) is 0 Å². The number of rotatable bonds is 4. The van der Waals surface area contributed by atoms with E-state index in [1.54, 1.807) is 6.07 Å². The summed E-state index contributed by atoms with van der Waals surface area (Å²) in [6.07, 6.45) is 0. The minimum atomic E-state index is -1.04. The highest BCUT2D eigenvalue weighted by molar-refractivity contribution is 5.98. The largest absolute Gasteiger partial charge is 0.478 e. The van der Waals surface area contributed by atoms with Crippen molar-refractivity contribution in [2.24, 2.45) is 0 Å². The van der Waals surface area contributed by atoms with Crippen LogP contribution in [0.15, 0.2) is 30.3 Å². The highest BCUT2D eigenvalue weighted by atomic mass is 16.4. The number of fused-ring (bicyclic) bond motifs is 1. The molecule has 0 unspecified atom stereocenters. The van der Waals surface area contributed by atoms with Crippen LogP contribution in [0.25, 0.3) is 10.9 Å². The fourth-order valence-electron chi connectivity index (χ4n) is 1.59. The van der Waals surface area contributed by atoms with Crippen molar-refractivity contribution < 1.29 is 15.0 Å². The van der Waals surface area contributed by atoms with Gasteiger partial charge in [-0.25, -0.2) is 9.78 Å². The zero-order valence-corrected chi connectivity index (χ0v) is 9.05. The Balaban J connectivity index is 2.54. The molecular formula is C12H12N2O3. The number of aliphatic hydroxyl groups is 1. The number of hydrogen-bond acceptors (Lipinski definition) is 4. The van der Waals surface area contributed by atoms with E-state index in [0.29, 0.717) is 0 Å². The monoisotopic (exact) mass is 232 g/mol. The van der Waals surface area contributed by atoms with Crippen LogP contribution in [0.3, 0.4) is 0 Å². The predicted molar refractivity (Wildman–Crippen MR) is 64.3 cm³/mol. The Hall–Kier alpha value is -2.14. The maximum absolute atomic E-state index is 11.1. The van der Waals surface area contributed by atoms with Gasteiger partial charge in [0.05, 0.1) is 12.1 Å². The van der Waals surface area contributed by atoms with Crippen LogP contribution in [0.1, 0.15) is 10.4 Å². The fourth-order valence-corrected chi connectivity index (χ4v) is 1.59. The first kappa shape index (κ1) is 11.3. The fraction of sp³-hybridized carbons (Fsp3) is 0.167. The molecule has 0 saturated heterocycles. The molecular weight excluding hydrogens is 220 g/mol. The number of aromatic nitrogens is 1. The van der Waals surface area contributed by atoms with Gasteiger partial charge in [0.1, 0.15) is 11.4 Å². The van der Waals surface area contributed by atoms with Gasteiger partial charge in [0.2, 0.25) is 0 Å². The third-order valence-corrected chi connectivity index (χ3v) is 2.36. The number of benzene rings is 1. The second kappa shape index (κ2) is 4.80. The van der Waals surface area contributed by atoms with Crippen LogP contribution in [-0.4, -0.2) is 34.3 Å². The molecule has 1 aromatic heterocycles. The van der Waals surface area contributed by atoms with Crippen molar-refractivity contribution >= 4 is 22.7 Å². The summed E-state index contributed by atoms with van der Waals surface area (Å²) < 4.78 is 0. The van der Waals surface area contributed by atoms with Gasteiger partial charge in [0.25, 0.3) is 0 Å². The number of carbonyl (C=O) groups is 1. The van der Waals surface area contributed by atoms with Gasteiger partial charge in [0.15, 0.2) is 0 Å². The molecule has 0 aliphatic heterocycles. The van der Waals surface area contributed by atoms with E-state index in [-0.39, 0.29) is 24.5 Å². The Morgan fingerprint density at radius 1 is 1.35 bits per heavy atom. The summed E-state index contributed by atoms with van der Waals surface area (Å²) in [5, 5.41) is 21.4. The third kappa shape index (κ3) is 2.34. The highest BCUT2D eigenvalue weighted by Gasteiger charge is 2.12. The standard InChI is InChI=1S/C12H12N2O3/c15-6-5-13-11-9(12(16)17)7-8-3-1-2-4-10(8)14-11/h1-4,7,15H,5-6H2,(H,13,14)(H,16,17). The molecule has 1 heterocycles. The van der Waals surface area contributed by atoms with Gasteiger partial charge < -0.3 is 15.5 Å². The number of aliphatic hydroxyl groups excluding tert-OH is 1. The molecule has 0 amide bonds. The van der Waals surface area contributed by atoms with E-state index >= 15 is 0 Å². The van der Waals surface area contributed by atoms with Crippen molar-refractivity contribution in [2.45, 2.75) is 0 Å². The Labute approximate surface area is 97.7 Å². The van der Waals surface area contributed by atoms with Crippen molar-refractivity contribution in [3.05, 3.63) is 35.9 Å². The van der Waals surface area contributed by atoms with E-state index in [1.165, 1.54) is 0 Å². The molecule has 0 radical (unpaired) electrons. The van der Waals surface area contributed by atoms with Crippen LogP contribution in [0.4, 0.5) is 5.82 Å². The molecule has 5 heteroatoms. The van der Waals surface area contributed by atoms with Gasteiger partial charge in [-0.1, -0.05) is 18.2 Å². The molecule has 3 N–H and O–H groups in total. The molecule has 2 rings (SSSR count). The number of anilines is 1. The topological polar surface area (TPSA) is 82.5 Å². The van der Waals surface area contributed by atoms with Crippen molar-refractivity contribution in [1.29, 1.82) is 0 Å². The van der Waals surface area contributed by atoms with Crippen LogP contribution >= 0.6 is 0 Å². The molecule has 0 fully saturated rings. The van der Waals surface area contributed by atoms with Crippen LogP contribution in [0.2, 0.25) is 0 Å². The number of hydrogen-bond donors (Lipinski definition) is 3. The number of pyridine rings is 1. The quantitative estimate of drug-likeness (QED) is 0.741. The van der Waals surface area contributed by atoms with Gasteiger partial charge in [-0.05, 0) is 12.1 Å². The van der Waals surface area contributed by atoms with E-state index in [2.05, 4.69) is 10.3 Å². The lowest BCUT2D eigenvalue weighted by Gasteiger charge is -2.08. The minimum Gasteiger partial charge on any atom is -0.478 e. The first-order valence-corrected chi connectivity index (χ1v) is 5.20. The molecule has 2 aromatic rings. The van der Waals surface area contributed by atoms with Gasteiger partial charge in [0, 0.05) is 11.9 Å². The summed E-state index contributed by atoms with van der Waals surface area (Å²) >= 11 is 0. The van der Waals surface area contributed by atoms with Crippen molar-refractivity contribution in [3.63, 3.8) is 0 Å².